The van der Waals surface area contributed by atoms with Crippen LogP contribution >= 0.6 is 11.3 Å². The number of carbonyl (C=O) groups is 1. The maximum Gasteiger partial charge on any atom is 0.251 e. The first-order chi connectivity index (χ1) is 17.2. The van der Waals surface area contributed by atoms with E-state index in [1.54, 1.807) is 28.1 Å². The van der Waals surface area contributed by atoms with Gasteiger partial charge in [-0.2, -0.15) is 5.10 Å². The van der Waals surface area contributed by atoms with Crippen molar-refractivity contribution in [3.63, 3.8) is 0 Å². The summed E-state index contributed by atoms with van der Waals surface area (Å²) < 4.78 is 27.9. The zero-order chi connectivity index (χ0) is 25.9. The Hall–Kier alpha value is -3.35. The Morgan fingerprint density at radius 2 is 1.94 bits per heavy atom. The number of carbonyl (C=O) groups excluding carboxylic acids is 1. The van der Waals surface area contributed by atoms with E-state index in [2.05, 4.69) is 45.8 Å². The molecule has 0 aliphatic heterocycles. The fraction of sp³-hybridized carbons (Fsp3) is 0.333. The molecule has 4 aromatic heterocycles. The summed E-state index contributed by atoms with van der Waals surface area (Å²) in [5.41, 5.74) is 2.58. The minimum Gasteiger partial charge on any atom is -0.350 e. The molecule has 0 bridgehead atoms. The lowest BCUT2D eigenvalue weighted by atomic mass is 10.1. The number of amides is 1. The van der Waals surface area contributed by atoms with E-state index in [1.165, 1.54) is 6.07 Å². The number of pyridine rings is 1. The maximum absolute atomic E-state index is 13.1. The summed E-state index contributed by atoms with van der Waals surface area (Å²) in [4.78, 5) is 25.6. The van der Waals surface area contributed by atoms with Crippen LogP contribution in [0.3, 0.4) is 0 Å². The number of rotatable bonds is 10. The molecule has 190 valence electrons. The van der Waals surface area contributed by atoms with Crippen LogP contribution in [0.15, 0.2) is 48.1 Å². The van der Waals surface area contributed by atoms with Crippen LogP contribution in [0.25, 0.3) is 27.5 Å². The van der Waals surface area contributed by atoms with E-state index in [1.807, 2.05) is 29.8 Å². The van der Waals surface area contributed by atoms with Crippen LogP contribution in [0.4, 0.5) is 5.82 Å². The highest BCUT2D eigenvalue weighted by Gasteiger charge is 2.18. The summed E-state index contributed by atoms with van der Waals surface area (Å²) in [6.45, 7) is 8.42. The summed E-state index contributed by atoms with van der Waals surface area (Å²) in [7, 11) is -3.61. The molecule has 0 aliphatic rings. The van der Waals surface area contributed by atoms with Gasteiger partial charge in [0, 0.05) is 24.3 Å². The zero-order valence-corrected chi connectivity index (χ0v) is 22.2. The summed E-state index contributed by atoms with van der Waals surface area (Å²) >= 11 is 1.58. The fourth-order valence-electron chi connectivity index (χ4n) is 3.97. The minimum absolute atomic E-state index is 0.0469. The number of fused-ring (bicyclic) bond motifs is 1. The first kappa shape index (κ1) is 25.7. The van der Waals surface area contributed by atoms with Gasteiger partial charge in [-0.1, -0.05) is 19.9 Å². The largest absolute Gasteiger partial charge is 0.350 e. The van der Waals surface area contributed by atoms with Crippen LogP contribution in [0.5, 0.6) is 0 Å². The van der Waals surface area contributed by atoms with E-state index in [0.29, 0.717) is 23.4 Å². The summed E-state index contributed by atoms with van der Waals surface area (Å²) in [6, 6.07) is 9.02. The highest BCUT2D eigenvalue weighted by atomic mass is 32.2. The Morgan fingerprint density at radius 3 is 2.61 bits per heavy atom. The second-order valence-corrected chi connectivity index (χ2v) is 11.1. The first-order valence-corrected chi connectivity index (χ1v) is 14.4. The molecule has 36 heavy (non-hydrogen) atoms. The highest BCUT2D eigenvalue weighted by Crippen LogP contribution is 2.28. The van der Waals surface area contributed by atoms with Gasteiger partial charge in [0.25, 0.3) is 5.91 Å². The number of thiophene rings is 1. The number of nitrogens with zero attached hydrogens (tertiary/aromatic N) is 5. The molecule has 1 unspecified atom stereocenters. The SMILES string of the molecule is CCN(CC)C(C)CNC(=O)c1cc(NS(C)(=O)=O)nc(-c2cnn3ccc(-c4cccs4)nc23)c1. The predicted octanol–water partition coefficient (Wildman–Crippen LogP) is 3.35. The highest BCUT2D eigenvalue weighted by molar-refractivity contribution is 7.92. The molecule has 2 N–H and O–H groups in total. The molecule has 0 radical (unpaired) electrons. The number of likely N-dealkylation sites (N-methyl/N-ethyl adjacent to an activating group) is 1. The Bertz CT molecular complexity index is 1460. The number of hydrogen-bond donors (Lipinski definition) is 2. The number of sulfonamides is 1. The molecule has 4 aromatic rings. The van der Waals surface area contributed by atoms with E-state index in [9.17, 15) is 13.2 Å². The molecular weight excluding hydrogens is 498 g/mol. The Balaban J connectivity index is 1.72. The van der Waals surface area contributed by atoms with Crippen molar-refractivity contribution in [2.45, 2.75) is 26.8 Å². The number of aromatic nitrogens is 4. The van der Waals surface area contributed by atoms with Crippen molar-refractivity contribution < 1.29 is 13.2 Å². The smallest absolute Gasteiger partial charge is 0.251 e. The number of anilines is 1. The van der Waals surface area contributed by atoms with Crippen LogP contribution in [-0.4, -0.2) is 70.7 Å². The summed E-state index contributed by atoms with van der Waals surface area (Å²) in [6.07, 6.45) is 4.45. The van der Waals surface area contributed by atoms with E-state index in [0.717, 1.165) is 29.9 Å². The predicted molar refractivity (Wildman–Crippen MR) is 143 cm³/mol. The lowest BCUT2D eigenvalue weighted by molar-refractivity contribution is 0.0938. The second kappa shape index (κ2) is 10.7. The van der Waals surface area contributed by atoms with Crippen LogP contribution in [0.2, 0.25) is 0 Å². The van der Waals surface area contributed by atoms with Crippen molar-refractivity contribution in [3.05, 3.63) is 53.7 Å². The quantitative estimate of drug-likeness (QED) is 0.324. The molecule has 0 saturated heterocycles. The normalized spacial score (nSPS) is 12.7. The molecule has 4 heterocycles. The van der Waals surface area contributed by atoms with Crippen LogP contribution in [0.1, 0.15) is 31.1 Å². The lowest BCUT2D eigenvalue weighted by Gasteiger charge is -2.26. The van der Waals surface area contributed by atoms with Crippen LogP contribution in [-0.2, 0) is 10.0 Å². The second-order valence-electron chi connectivity index (χ2n) is 8.40. The topological polar surface area (TPSA) is 122 Å². The Morgan fingerprint density at radius 1 is 1.17 bits per heavy atom. The third-order valence-electron chi connectivity index (χ3n) is 5.79. The molecule has 10 nitrogen and oxygen atoms in total. The van der Waals surface area contributed by atoms with Crippen molar-refractivity contribution in [3.8, 4) is 21.8 Å². The van der Waals surface area contributed by atoms with Gasteiger partial charge in [-0.3, -0.25) is 14.4 Å². The molecule has 1 amide bonds. The van der Waals surface area contributed by atoms with Gasteiger partial charge in [0.05, 0.1) is 34.3 Å². The van der Waals surface area contributed by atoms with Crippen molar-refractivity contribution >= 4 is 38.7 Å². The third-order valence-corrected chi connectivity index (χ3v) is 7.26. The summed E-state index contributed by atoms with van der Waals surface area (Å²) in [5.74, 6) is -0.274. The van der Waals surface area contributed by atoms with Gasteiger partial charge >= 0.3 is 0 Å². The molecule has 0 saturated carbocycles. The van der Waals surface area contributed by atoms with Crippen molar-refractivity contribution in [2.75, 3.05) is 30.6 Å². The zero-order valence-electron chi connectivity index (χ0n) is 20.6. The minimum atomic E-state index is -3.61. The molecule has 12 heteroatoms. The fourth-order valence-corrected chi connectivity index (χ4v) is 5.15. The van der Waals surface area contributed by atoms with Gasteiger partial charge in [-0.15, -0.1) is 11.3 Å². The van der Waals surface area contributed by atoms with Crippen molar-refractivity contribution in [1.82, 2.24) is 29.8 Å². The molecule has 4 rings (SSSR count). The van der Waals surface area contributed by atoms with Crippen molar-refractivity contribution in [2.24, 2.45) is 0 Å². The van der Waals surface area contributed by atoms with Gasteiger partial charge in [0.15, 0.2) is 5.65 Å². The molecular formula is C24H29N7O3S2. The van der Waals surface area contributed by atoms with Crippen LogP contribution in [0, 0.1) is 0 Å². The average Bonchev–Trinajstić information content (AvgIpc) is 3.52. The van der Waals surface area contributed by atoms with Gasteiger partial charge in [-0.25, -0.2) is 22.9 Å². The van der Waals surface area contributed by atoms with E-state index < -0.39 is 10.0 Å². The van der Waals surface area contributed by atoms with Crippen LogP contribution < -0.4 is 10.0 Å². The van der Waals surface area contributed by atoms with Gasteiger partial charge in [0.1, 0.15) is 5.82 Å². The monoisotopic (exact) mass is 527 g/mol. The summed E-state index contributed by atoms with van der Waals surface area (Å²) in [5, 5.41) is 9.30. The molecule has 1 atom stereocenters. The average molecular weight is 528 g/mol. The van der Waals surface area contributed by atoms with Gasteiger partial charge in [0.2, 0.25) is 10.0 Å². The number of hydrogen-bond acceptors (Lipinski definition) is 8. The third kappa shape index (κ3) is 5.89. The molecule has 0 spiro atoms. The maximum atomic E-state index is 13.1. The van der Waals surface area contributed by atoms with E-state index in [4.69, 9.17) is 4.98 Å². The lowest BCUT2D eigenvalue weighted by Crippen LogP contribution is -2.42. The molecule has 0 aliphatic carbocycles. The van der Waals surface area contributed by atoms with E-state index >= 15 is 0 Å². The Kier molecular flexibility index (Phi) is 7.67. The van der Waals surface area contributed by atoms with Gasteiger partial charge < -0.3 is 5.32 Å². The molecule has 0 aromatic carbocycles. The Labute approximate surface area is 214 Å². The molecule has 0 fully saturated rings. The first-order valence-electron chi connectivity index (χ1n) is 11.6. The van der Waals surface area contributed by atoms with Crippen molar-refractivity contribution in [1.29, 1.82) is 0 Å². The van der Waals surface area contributed by atoms with E-state index in [-0.39, 0.29) is 23.3 Å². The standard InChI is InChI=1S/C24H29N7O3S2/c1-5-30(6-2)16(3)14-25-24(32)17-12-20(27-22(13-17)29-36(4,33)34)18-15-26-31-10-9-19(28-23(18)31)21-8-7-11-35-21/h7-13,15-16H,5-6,14H2,1-4H3,(H,25,32)(H,27,29). The number of nitrogens with one attached hydrogen (secondary N) is 2. The van der Waals surface area contributed by atoms with Gasteiger partial charge in [-0.05, 0) is 49.7 Å².